The van der Waals surface area contributed by atoms with Gasteiger partial charge in [0.05, 0.1) is 5.92 Å². The van der Waals surface area contributed by atoms with Crippen LogP contribution in [0.3, 0.4) is 0 Å². The summed E-state index contributed by atoms with van der Waals surface area (Å²) in [5.74, 6) is -1.50. The summed E-state index contributed by atoms with van der Waals surface area (Å²) < 4.78 is 25.9. The Kier molecular flexibility index (Phi) is 6.81. The number of carbonyl (C=O) groups excluding carboxylic acids is 1. The van der Waals surface area contributed by atoms with Gasteiger partial charge in [0.25, 0.3) is 6.43 Å². The fourth-order valence-electron chi connectivity index (χ4n) is 2.96. The van der Waals surface area contributed by atoms with E-state index in [1.807, 2.05) is 66.7 Å². The van der Waals surface area contributed by atoms with Gasteiger partial charge in [-0.3, -0.25) is 4.79 Å². The fraction of sp³-hybridized carbons (Fsp3) is 0.318. The number of aliphatic hydroxyl groups is 1. The van der Waals surface area contributed by atoms with Crippen LogP contribution in [-0.2, 0) is 4.79 Å². The molecular weight excluding hydrogens is 334 g/mol. The first-order valence-corrected chi connectivity index (χ1v) is 8.65. The zero-order valence-corrected chi connectivity index (χ0v) is 15.0. The van der Waals surface area contributed by atoms with E-state index in [0.29, 0.717) is 6.42 Å². The topological polar surface area (TPSA) is 37.3 Å². The smallest absolute Gasteiger partial charge is 0.267 e. The Bertz CT molecular complexity index is 734. The molecule has 0 aliphatic carbocycles. The first-order valence-electron chi connectivity index (χ1n) is 8.65. The van der Waals surface area contributed by atoms with Gasteiger partial charge < -0.3 is 5.11 Å². The average Bonchev–Trinajstić information content (AvgIpc) is 2.62. The van der Waals surface area contributed by atoms with Crippen LogP contribution < -0.4 is 0 Å². The molecule has 2 aromatic carbocycles. The van der Waals surface area contributed by atoms with Crippen molar-refractivity contribution < 1.29 is 18.7 Å². The molecule has 0 aliphatic heterocycles. The van der Waals surface area contributed by atoms with E-state index in [9.17, 15) is 18.7 Å². The van der Waals surface area contributed by atoms with Crippen LogP contribution in [0.25, 0.3) is 17.2 Å². The predicted molar refractivity (Wildman–Crippen MR) is 101 cm³/mol. The molecule has 1 N–H and O–H groups in total. The number of carbonyl (C=O) groups is 1. The molecule has 0 aliphatic rings. The second-order valence-electron chi connectivity index (χ2n) is 6.66. The molecule has 138 valence electrons. The van der Waals surface area contributed by atoms with Crippen LogP contribution in [0.1, 0.15) is 32.3 Å². The minimum absolute atomic E-state index is 0.186. The summed E-state index contributed by atoms with van der Waals surface area (Å²) in [6, 6.07) is 18.0. The summed E-state index contributed by atoms with van der Waals surface area (Å²) in [5.41, 5.74) is 0.954. The third-order valence-electron chi connectivity index (χ3n) is 4.59. The quantitative estimate of drug-likeness (QED) is 0.689. The lowest BCUT2D eigenvalue weighted by atomic mass is 9.83. The van der Waals surface area contributed by atoms with Gasteiger partial charge >= 0.3 is 0 Å². The van der Waals surface area contributed by atoms with Gasteiger partial charge in [0.2, 0.25) is 0 Å². The molecule has 0 fully saturated rings. The molecule has 2 rings (SSSR count). The van der Waals surface area contributed by atoms with Crippen molar-refractivity contribution in [3.05, 3.63) is 66.2 Å². The van der Waals surface area contributed by atoms with Crippen molar-refractivity contribution >= 4 is 11.9 Å². The highest BCUT2D eigenvalue weighted by molar-refractivity contribution is 5.79. The van der Waals surface area contributed by atoms with Crippen molar-refractivity contribution in [2.75, 3.05) is 0 Å². The van der Waals surface area contributed by atoms with Crippen molar-refractivity contribution in [3.63, 3.8) is 0 Å². The molecule has 0 saturated heterocycles. The second-order valence-corrected chi connectivity index (χ2v) is 6.66. The molecule has 0 aromatic heterocycles. The number of ketones is 1. The minimum Gasteiger partial charge on any atom is -0.383 e. The van der Waals surface area contributed by atoms with Crippen LogP contribution >= 0.6 is 0 Å². The SMILES string of the molecule is CC(=O)[C@@H](CC/C=C/c1ccc(-c2ccccc2)cc1)[C@](C)(O)C(F)F. The molecule has 2 nitrogen and oxygen atoms in total. The van der Waals surface area contributed by atoms with Gasteiger partial charge in [0, 0.05) is 0 Å². The van der Waals surface area contributed by atoms with Crippen molar-refractivity contribution in [1.82, 2.24) is 0 Å². The van der Waals surface area contributed by atoms with E-state index in [4.69, 9.17) is 0 Å². The highest BCUT2D eigenvalue weighted by atomic mass is 19.3. The van der Waals surface area contributed by atoms with Crippen LogP contribution in [0, 0.1) is 5.92 Å². The van der Waals surface area contributed by atoms with Crippen molar-refractivity contribution in [2.24, 2.45) is 5.92 Å². The normalized spacial score (nSPS) is 15.2. The van der Waals surface area contributed by atoms with E-state index in [0.717, 1.165) is 23.6 Å². The predicted octanol–water partition coefficient (Wildman–Crippen LogP) is 5.37. The van der Waals surface area contributed by atoms with Gasteiger partial charge in [-0.2, -0.15) is 0 Å². The molecule has 0 spiro atoms. The Morgan fingerprint density at radius 2 is 1.65 bits per heavy atom. The first kappa shape index (κ1) is 20.0. The average molecular weight is 358 g/mol. The molecular formula is C22H24F2O2. The highest BCUT2D eigenvalue weighted by Crippen LogP contribution is 2.29. The monoisotopic (exact) mass is 358 g/mol. The fourth-order valence-corrected chi connectivity index (χ4v) is 2.96. The Balaban J connectivity index is 1.96. The maximum Gasteiger partial charge on any atom is 0.267 e. The van der Waals surface area contributed by atoms with E-state index in [-0.39, 0.29) is 6.42 Å². The van der Waals surface area contributed by atoms with Crippen molar-refractivity contribution in [3.8, 4) is 11.1 Å². The summed E-state index contributed by atoms with van der Waals surface area (Å²) >= 11 is 0. The summed E-state index contributed by atoms with van der Waals surface area (Å²) in [6.45, 7) is 2.27. The Hall–Kier alpha value is -2.33. The number of halogens is 2. The van der Waals surface area contributed by atoms with E-state index in [2.05, 4.69) is 0 Å². The molecule has 4 heteroatoms. The number of hydrogen-bond donors (Lipinski definition) is 1. The molecule has 2 atom stereocenters. The Morgan fingerprint density at radius 3 is 2.19 bits per heavy atom. The summed E-state index contributed by atoms with van der Waals surface area (Å²) in [5, 5.41) is 9.88. The second kappa shape index (κ2) is 8.86. The molecule has 0 radical (unpaired) electrons. The number of allylic oxidation sites excluding steroid dienone is 1. The summed E-state index contributed by atoms with van der Waals surface area (Å²) in [4.78, 5) is 11.6. The standard InChI is InChI=1S/C22H24F2O2/c1-16(25)20(22(2,26)21(23)24)11-7-6-8-17-12-14-19(15-13-17)18-9-4-3-5-10-18/h3-6,8-10,12-15,20-21,26H,7,11H2,1-2H3/b8-6+/t20-,22+/m1/s1. The molecule has 0 heterocycles. The molecule has 26 heavy (non-hydrogen) atoms. The maximum atomic E-state index is 13.0. The van der Waals surface area contributed by atoms with Crippen LogP contribution in [-0.4, -0.2) is 22.9 Å². The van der Waals surface area contributed by atoms with E-state index < -0.39 is 23.7 Å². The summed E-state index contributed by atoms with van der Waals surface area (Å²) in [6.07, 6.45) is 1.41. The Labute approximate surface area is 153 Å². The van der Waals surface area contributed by atoms with Crippen molar-refractivity contribution in [2.45, 2.75) is 38.7 Å². The Morgan fingerprint density at radius 1 is 1.08 bits per heavy atom. The largest absolute Gasteiger partial charge is 0.383 e. The number of benzene rings is 2. The molecule has 2 aromatic rings. The van der Waals surface area contributed by atoms with Gasteiger partial charge in [-0.25, -0.2) is 8.78 Å². The van der Waals surface area contributed by atoms with Crippen LogP contribution in [0.2, 0.25) is 0 Å². The summed E-state index contributed by atoms with van der Waals surface area (Å²) in [7, 11) is 0. The zero-order chi connectivity index (χ0) is 19.2. The van der Waals surface area contributed by atoms with Crippen LogP contribution in [0.15, 0.2) is 60.7 Å². The molecule has 0 saturated carbocycles. The lowest BCUT2D eigenvalue weighted by Crippen LogP contribution is -2.45. The van der Waals surface area contributed by atoms with E-state index in [1.54, 1.807) is 0 Å². The lowest BCUT2D eigenvalue weighted by molar-refractivity contribution is -0.148. The highest BCUT2D eigenvalue weighted by Gasteiger charge is 2.42. The minimum atomic E-state index is -2.95. The molecule has 0 amide bonds. The lowest BCUT2D eigenvalue weighted by Gasteiger charge is -2.30. The zero-order valence-electron chi connectivity index (χ0n) is 15.0. The van der Waals surface area contributed by atoms with Gasteiger partial charge in [-0.15, -0.1) is 0 Å². The number of rotatable bonds is 8. The number of hydrogen-bond acceptors (Lipinski definition) is 2. The molecule has 0 bridgehead atoms. The first-order chi connectivity index (χ1) is 12.3. The van der Waals surface area contributed by atoms with Gasteiger partial charge in [-0.05, 0) is 43.4 Å². The van der Waals surface area contributed by atoms with Crippen LogP contribution in [0.4, 0.5) is 8.78 Å². The third kappa shape index (κ3) is 5.09. The number of Topliss-reactive ketones (excluding diaryl/α,β-unsaturated/α-hetero) is 1. The van der Waals surface area contributed by atoms with Gasteiger partial charge in [-0.1, -0.05) is 66.7 Å². The number of alkyl halides is 2. The van der Waals surface area contributed by atoms with Gasteiger partial charge in [0.15, 0.2) is 0 Å². The third-order valence-corrected chi connectivity index (χ3v) is 4.59. The van der Waals surface area contributed by atoms with E-state index in [1.165, 1.54) is 6.92 Å². The van der Waals surface area contributed by atoms with Gasteiger partial charge in [0.1, 0.15) is 11.4 Å². The maximum absolute atomic E-state index is 13.0. The van der Waals surface area contributed by atoms with E-state index >= 15 is 0 Å². The van der Waals surface area contributed by atoms with Crippen LogP contribution in [0.5, 0.6) is 0 Å². The van der Waals surface area contributed by atoms with Crippen molar-refractivity contribution in [1.29, 1.82) is 0 Å². The molecule has 0 unspecified atom stereocenters.